The quantitative estimate of drug-likeness (QED) is 0.172. The average molecular weight is 664 g/mol. The van der Waals surface area contributed by atoms with Crippen molar-refractivity contribution in [1.82, 2.24) is 19.1 Å². The van der Waals surface area contributed by atoms with Crippen molar-refractivity contribution in [2.24, 2.45) is 0 Å². The van der Waals surface area contributed by atoms with Crippen LogP contribution in [0.2, 0.25) is 0 Å². The van der Waals surface area contributed by atoms with Gasteiger partial charge in [0, 0.05) is 38.5 Å². The molecule has 0 aliphatic carbocycles. The molecule has 0 unspecified atom stereocenters. The molecule has 3 aromatic heterocycles. The van der Waals surface area contributed by atoms with E-state index in [0.29, 0.717) is 22.9 Å². The van der Waals surface area contributed by atoms with Crippen LogP contribution >= 0.6 is 0 Å². The van der Waals surface area contributed by atoms with E-state index in [1.165, 1.54) is 10.8 Å². The van der Waals surface area contributed by atoms with Crippen molar-refractivity contribution in [3.8, 4) is 45.3 Å². The Morgan fingerprint density at radius 1 is 0.423 bits per heavy atom. The number of aromatic nitrogens is 4. The number of nitrogens with zero attached hydrogens (tertiary/aromatic N) is 5. The first-order valence-corrected chi connectivity index (χ1v) is 17.3. The zero-order chi connectivity index (χ0) is 34.6. The summed E-state index contributed by atoms with van der Waals surface area (Å²) >= 11 is 0. The lowest BCUT2D eigenvalue weighted by Gasteiger charge is -2.14. The van der Waals surface area contributed by atoms with Crippen LogP contribution in [0.5, 0.6) is 0 Å². The molecule has 52 heavy (non-hydrogen) atoms. The fourth-order valence-electron chi connectivity index (χ4n) is 7.75. The van der Waals surface area contributed by atoms with E-state index in [1.807, 2.05) is 66.7 Å². The number of hydrogen-bond acceptors (Lipinski definition) is 2. The van der Waals surface area contributed by atoms with E-state index in [0.717, 1.165) is 60.9 Å². The molecule has 0 amide bonds. The molecule has 0 aliphatic rings. The maximum Gasteiger partial charge on any atom is 0.238 e. The molecule has 3 heterocycles. The predicted molar refractivity (Wildman–Crippen MR) is 213 cm³/mol. The van der Waals surface area contributed by atoms with Gasteiger partial charge in [-0.2, -0.15) is 0 Å². The van der Waals surface area contributed by atoms with Crippen LogP contribution in [0.1, 0.15) is 0 Å². The van der Waals surface area contributed by atoms with Gasteiger partial charge in [0.05, 0.1) is 40.0 Å². The Hall–Kier alpha value is -7.29. The molecule has 10 rings (SSSR count). The molecule has 10 aromatic rings. The van der Waals surface area contributed by atoms with Crippen molar-refractivity contribution in [1.29, 1.82) is 0 Å². The predicted octanol–water partition coefficient (Wildman–Crippen LogP) is 12.2. The minimum absolute atomic E-state index is 0.436. The number of rotatable bonds is 5. The molecule has 0 bridgehead atoms. The van der Waals surface area contributed by atoms with Gasteiger partial charge in [-0.3, -0.25) is 0 Å². The second-order valence-electron chi connectivity index (χ2n) is 12.9. The molecule has 0 fully saturated rings. The Morgan fingerprint density at radius 2 is 0.942 bits per heavy atom. The smallest absolute Gasteiger partial charge is 0.238 e. The number of benzene rings is 7. The van der Waals surface area contributed by atoms with Crippen molar-refractivity contribution >= 4 is 49.3 Å². The minimum atomic E-state index is 0.436. The lowest BCUT2D eigenvalue weighted by molar-refractivity contribution is 1.16. The van der Waals surface area contributed by atoms with Crippen LogP contribution in [-0.2, 0) is 0 Å². The van der Waals surface area contributed by atoms with Gasteiger partial charge in [-0.15, -0.1) is 0 Å². The Balaban J connectivity index is 1.39. The first-order valence-electron chi connectivity index (χ1n) is 17.3. The molecule has 242 valence electrons. The van der Waals surface area contributed by atoms with Gasteiger partial charge in [0.25, 0.3) is 0 Å². The summed E-state index contributed by atoms with van der Waals surface area (Å²) in [6.07, 6.45) is 0. The summed E-state index contributed by atoms with van der Waals surface area (Å²) in [6, 6.07) is 60.7. The van der Waals surface area contributed by atoms with E-state index >= 15 is 0 Å². The summed E-state index contributed by atoms with van der Waals surface area (Å²) in [5, 5.41) is 4.66. The van der Waals surface area contributed by atoms with Crippen LogP contribution in [0, 0.1) is 6.57 Å². The SMILES string of the molecule is [C-]#[N+]c1c(-c2ccccc2)nc(-c2cccc3c4c(ccc5c6ccccc6n(-c6ccccc6)c54)n(-c4ccccc4)c23)nc1-c1ccccc1. The van der Waals surface area contributed by atoms with E-state index in [-0.39, 0.29) is 0 Å². The highest BCUT2D eigenvalue weighted by atomic mass is 15.0. The summed E-state index contributed by atoms with van der Waals surface area (Å²) in [6.45, 7) is 8.30. The summed E-state index contributed by atoms with van der Waals surface area (Å²) in [7, 11) is 0. The third kappa shape index (κ3) is 4.49. The van der Waals surface area contributed by atoms with Crippen LogP contribution in [0.15, 0.2) is 176 Å². The van der Waals surface area contributed by atoms with Crippen molar-refractivity contribution < 1.29 is 0 Å². The van der Waals surface area contributed by atoms with Gasteiger partial charge in [-0.25, -0.2) is 14.8 Å². The zero-order valence-electron chi connectivity index (χ0n) is 28.0. The molecular weight excluding hydrogens is 635 g/mol. The Kier molecular flexibility index (Phi) is 6.80. The summed E-state index contributed by atoms with van der Waals surface area (Å²) in [5.41, 5.74) is 10.9. The number of hydrogen-bond donors (Lipinski definition) is 0. The second kappa shape index (κ2) is 11.9. The van der Waals surface area contributed by atoms with Crippen LogP contribution < -0.4 is 0 Å². The maximum absolute atomic E-state index is 8.30. The Labute approximate surface area is 300 Å². The Bertz CT molecular complexity index is 2930. The average Bonchev–Trinajstić information content (AvgIpc) is 3.75. The van der Waals surface area contributed by atoms with Crippen molar-refractivity contribution in [3.05, 3.63) is 187 Å². The third-order valence-corrected chi connectivity index (χ3v) is 9.94. The first-order chi connectivity index (χ1) is 25.8. The lowest BCUT2D eigenvalue weighted by Crippen LogP contribution is -2.00. The summed E-state index contributed by atoms with van der Waals surface area (Å²) < 4.78 is 4.75. The lowest BCUT2D eigenvalue weighted by atomic mass is 10.0. The molecule has 0 saturated carbocycles. The fourth-order valence-corrected chi connectivity index (χ4v) is 7.75. The van der Waals surface area contributed by atoms with Gasteiger partial charge in [-0.1, -0.05) is 133 Å². The van der Waals surface area contributed by atoms with Crippen molar-refractivity contribution in [2.75, 3.05) is 0 Å². The molecule has 0 spiro atoms. The largest absolute Gasteiger partial charge is 0.309 e. The summed E-state index contributed by atoms with van der Waals surface area (Å²) in [5.74, 6) is 0.565. The topological polar surface area (TPSA) is 40.0 Å². The number of para-hydroxylation sites is 4. The fraction of sp³-hybridized carbons (Fsp3) is 0. The van der Waals surface area contributed by atoms with Crippen molar-refractivity contribution in [2.45, 2.75) is 0 Å². The van der Waals surface area contributed by atoms with E-state index in [2.05, 4.69) is 123 Å². The second-order valence-corrected chi connectivity index (χ2v) is 12.9. The Morgan fingerprint density at radius 3 is 1.54 bits per heavy atom. The highest BCUT2D eigenvalue weighted by molar-refractivity contribution is 6.27. The highest BCUT2D eigenvalue weighted by Gasteiger charge is 2.25. The van der Waals surface area contributed by atoms with Gasteiger partial charge in [0.15, 0.2) is 5.82 Å². The first kappa shape index (κ1) is 29.6. The summed E-state index contributed by atoms with van der Waals surface area (Å²) in [4.78, 5) is 14.5. The normalized spacial score (nSPS) is 11.4. The van der Waals surface area contributed by atoms with E-state index < -0.39 is 0 Å². The molecule has 0 saturated heterocycles. The molecular formula is C47H29N5. The molecule has 5 nitrogen and oxygen atoms in total. The molecule has 7 aromatic carbocycles. The molecule has 0 atom stereocenters. The highest BCUT2D eigenvalue weighted by Crippen LogP contribution is 2.45. The number of fused-ring (bicyclic) bond motifs is 7. The molecule has 0 N–H and O–H groups in total. The van der Waals surface area contributed by atoms with E-state index in [1.54, 1.807) is 0 Å². The van der Waals surface area contributed by atoms with Crippen molar-refractivity contribution in [3.63, 3.8) is 0 Å². The zero-order valence-corrected chi connectivity index (χ0v) is 28.0. The van der Waals surface area contributed by atoms with Gasteiger partial charge in [0.1, 0.15) is 0 Å². The monoisotopic (exact) mass is 663 g/mol. The standard InChI is InChI=1S/C47H29N5/c1-48-44-42(31-17-6-2-7-18-31)49-47(50-43(44)32-19-8-3-9-20-32)38-27-16-26-37-41-40(52(45(37)38)34-23-12-5-13-24-34)30-29-36-35-25-14-15-28-39(35)51(46(36)41)33-21-10-4-11-22-33/h2-30H. The van der Waals surface area contributed by atoms with E-state index in [9.17, 15) is 0 Å². The van der Waals surface area contributed by atoms with E-state index in [4.69, 9.17) is 16.5 Å². The van der Waals surface area contributed by atoms with Crippen LogP contribution in [0.3, 0.4) is 0 Å². The molecule has 0 radical (unpaired) electrons. The molecule has 5 heteroatoms. The third-order valence-electron chi connectivity index (χ3n) is 9.94. The van der Waals surface area contributed by atoms with Crippen LogP contribution in [-0.4, -0.2) is 19.1 Å². The van der Waals surface area contributed by atoms with Gasteiger partial charge >= 0.3 is 0 Å². The van der Waals surface area contributed by atoms with Gasteiger partial charge in [-0.05, 0) is 53.6 Å². The van der Waals surface area contributed by atoms with Gasteiger partial charge < -0.3 is 9.13 Å². The maximum atomic E-state index is 8.30. The minimum Gasteiger partial charge on any atom is -0.309 e. The van der Waals surface area contributed by atoms with Crippen LogP contribution in [0.4, 0.5) is 5.69 Å². The van der Waals surface area contributed by atoms with Crippen LogP contribution in [0.25, 0.3) is 93.7 Å². The molecule has 0 aliphatic heterocycles. The van der Waals surface area contributed by atoms with Gasteiger partial charge in [0.2, 0.25) is 5.69 Å².